The molecule has 1 fully saturated rings. The summed E-state index contributed by atoms with van der Waals surface area (Å²) in [6, 6.07) is 7.40. The lowest BCUT2D eigenvalue weighted by atomic mass is 10.1. The molecule has 0 saturated carbocycles. The minimum atomic E-state index is 0.0195. The van der Waals surface area contributed by atoms with Gasteiger partial charge in [0.1, 0.15) is 5.75 Å². The Hall–Kier alpha value is -1.55. The Kier molecular flexibility index (Phi) is 4.43. The summed E-state index contributed by atoms with van der Waals surface area (Å²) in [5.74, 6) is 0.674. The van der Waals surface area contributed by atoms with Crippen molar-refractivity contribution in [2.75, 3.05) is 19.7 Å². The molecule has 0 spiro atoms. The number of carbonyl (C=O) groups is 1. The van der Waals surface area contributed by atoms with Crippen molar-refractivity contribution in [3.8, 4) is 5.75 Å². The number of morpholine rings is 1. The third-order valence-electron chi connectivity index (χ3n) is 3.12. The van der Waals surface area contributed by atoms with Gasteiger partial charge >= 0.3 is 0 Å². The minimum absolute atomic E-state index is 0.0195. The summed E-state index contributed by atoms with van der Waals surface area (Å²) in [5, 5.41) is 0. The Morgan fingerprint density at radius 3 is 2.58 bits per heavy atom. The maximum atomic E-state index is 12.6. The molecule has 0 aromatic heterocycles. The molecule has 1 aromatic carbocycles. The van der Waals surface area contributed by atoms with Crippen LogP contribution in [0.25, 0.3) is 0 Å². The van der Waals surface area contributed by atoms with Crippen LogP contribution in [0.5, 0.6) is 5.75 Å². The molecule has 0 bridgehead atoms. The second-order valence-corrected chi connectivity index (χ2v) is 4.90. The molecule has 2 rings (SSSR count). The molecule has 19 heavy (non-hydrogen) atoms. The van der Waals surface area contributed by atoms with Crippen molar-refractivity contribution < 1.29 is 14.3 Å². The lowest BCUT2D eigenvalue weighted by Crippen LogP contribution is -2.48. The van der Waals surface area contributed by atoms with Crippen molar-refractivity contribution in [1.29, 1.82) is 0 Å². The summed E-state index contributed by atoms with van der Waals surface area (Å²) in [4.78, 5) is 14.4. The number of rotatable bonds is 3. The highest BCUT2D eigenvalue weighted by molar-refractivity contribution is 5.97. The van der Waals surface area contributed by atoms with E-state index >= 15 is 0 Å². The number of ether oxygens (including phenoxy) is 2. The SMILES string of the molecule is CCOc1ccccc1C(=O)N1C[C@@H](C)O[C@H](C)C1. The zero-order chi connectivity index (χ0) is 13.8. The normalized spacial score (nSPS) is 23.2. The van der Waals surface area contributed by atoms with Crippen LogP contribution in [-0.4, -0.2) is 42.7 Å². The number of nitrogens with zero attached hydrogens (tertiary/aromatic N) is 1. The van der Waals surface area contributed by atoms with Crippen molar-refractivity contribution in [3.05, 3.63) is 29.8 Å². The summed E-state index contributed by atoms with van der Waals surface area (Å²) < 4.78 is 11.2. The van der Waals surface area contributed by atoms with Crippen molar-refractivity contribution in [1.82, 2.24) is 4.90 Å². The van der Waals surface area contributed by atoms with Gasteiger partial charge in [0.05, 0.1) is 24.4 Å². The van der Waals surface area contributed by atoms with E-state index in [1.807, 2.05) is 49.9 Å². The maximum absolute atomic E-state index is 12.6. The topological polar surface area (TPSA) is 38.8 Å². The van der Waals surface area contributed by atoms with Crippen molar-refractivity contribution >= 4 is 5.91 Å². The first-order valence-corrected chi connectivity index (χ1v) is 6.78. The first-order valence-electron chi connectivity index (χ1n) is 6.78. The molecule has 104 valence electrons. The standard InChI is InChI=1S/C15H21NO3/c1-4-18-14-8-6-5-7-13(14)15(17)16-9-11(2)19-12(3)10-16/h5-8,11-12H,4,9-10H2,1-3H3/t11-,12-/m1/s1. The van der Waals surface area contributed by atoms with E-state index in [-0.39, 0.29) is 18.1 Å². The number of carbonyl (C=O) groups excluding carboxylic acids is 1. The highest BCUT2D eigenvalue weighted by atomic mass is 16.5. The average Bonchev–Trinajstić information content (AvgIpc) is 2.38. The Morgan fingerprint density at radius 2 is 1.95 bits per heavy atom. The van der Waals surface area contributed by atoms with Crippen LogP contribution in [0.2, 0.25) is 0 Å². The molecule has 0 aliphatic carbocycles. The number of benzene rings is 1. The van der Waals surface area contributed by atoms with Gasteiger partial charge < -0.3 is 14.4 Å². The molecule has 1 amide bonds. The zero-order valence-corrected chi connectivity index (χ0v) is 11.8. The monoisotopic (exact) mass is 263 g/mol. The van der Waals surface area contributed by atoms with E-state index in [9.17, 15) is 4.79 Å². The Balaban J connectivity index is 2.19. The third kappa shape index (κ3) is 3.26. The van der Waals surface area contributed by atoms with Gasteiger partial charge in [-0.2, -0.15) is 0 Å². The van der Waals surface area contributed by atoms with E-state index in [2.05, 4.69) is 0 Å². The van der Waals surface area contributed by atoms with E-state index in [0.29, 0.717) is 31.0 Å². The van der Waals surface area contributed by atoms with Gasteiger partial charge in [-0.15, -0.1) is 0 Å². The summed E-state index contributed by atoms with van der Waals surface area (Å²) in [5.41, 5.74) is 0.630. The van der Waals surface area contributed by atoms with Gasteiger partial charge in [-0.3, -0.25) is 4.79 Å². The molecule has 1 aliphatic heterocycles. The van der Waals surface area contributed by atoms with Gasteiger partial charge in [0, 0.05) is 13.1 Å². The molecule has 1 aromatic rings. The molecule has 2 atom stereocenters. The molecule has 4 nitrogen and oxygen atoms in total. The molecule has 4 heteroatoms. The second-order valence-electron chi connectivity index (χ2n) is 4.90. The first-order chi connectivity index (χ1) is 9.11. The van der Waals surface area contributed by atoms with Gasteiger partial charge in [-0.25, -0.2) is 0 Å². The fraction of sp³-hybridized carbons (Fsp3) is 0.533. The number of hydrogen-bond donors (Lipinski definition) is 0. The predicted molar refractivity (Wildman–Crippen MR) is 73.5 cm³/mol. The summed E-state index contributed by atoms with van der Waals surface area (Å²) >= 11 is 0. The minimum Gasteiger partial charge on any atom is -0.493 e. The van der Waals surface area contributed by atoms with Crippen LogP contribution in [0.3, 0.4) is 0 Å². The predicted octanol–water partition coefficient (Wildman–Crippen LogP) is 2.33. The first kappa shape index (κ1) is 13.9. The zero-order valence-electron chi connectivity index (χ0n) is 11.8. The fourth-order valence-corrected chi connectivity index (χ4v) is 2.44. The Morgan fingerprint density at radius 1 is 1.32 bits per heavy atom. The third-order valence-corrected chi connectivity index (χ3v) is 3.12. The Bertz CT molecular complexity index is 437. The lowest BCUT2D eigenvalue weighted by molar-refractivity contribution is -0.0586. The second kappa shape index (κ2) is 6.06. The summed E-state index contributed by atoms with van der Waals surface area (Å²) in [6.07, 6.45) is 0.152. The van der Waals surface area contributed by atoms with E-state index in [1.54, 1.807) is 0 Å². The van der Waals surface area contributed by atoms with E-state index in [0.717, 1.165) is 0 Å². The molecule has 1 heterocycles. The quantitative estimate of drug-likeness (QED) is 0.840. The molecule has 0 unspecified atom stereocenters. The van der Waals surface area contributed by atoms with Crippen molar-refractivity contribution in [2.24, 2.45) is 0 Å². The summed E-state index contributed by atoms with van der Waals surface area (Å²) in [6.45, 7) is 7.71. The van der Waals surface area contributed by atoms with Gasteiger partial charge in [-0.05, 0) is 32.9 Å². The number of para-hydroxylation sites is 1. The van der Waals surface area contributed by atoms with E-state index < -0.39 is 0 Å². The smallest absolute Gasteiger partial charge is 0.257 e. The van der Waals surface area contributed by atoms with Crippen molar-refractivity contribution in [2.45, 2.75) is 33.0 Å². The largest absolute Gasteiger partial charge is 0.493 e. The van der Waals surface area contributed by atoms with Gasteiger partial charge in [-0.1, -0.05) is 12.1 Å². The fourth-order valence-electron chi connectivity index (χ4n) is 2.44. The van der Waals surface area contributed by atoms with Gasteiger partial charge in [0.2, 0.25) is 0 Å². The van der Waals surface area contributed by atoms with Crippen molar-refractivity contribution in [3.63, 3.8) is 0 Å². The number of hydrogen-bond acceptors (Lipinski definition) is 3. The molecule has 0 radical (unpaired) electrons. The lowest BCUT2D eigenvalue weighted by Gasteiger charge is -2.35. The average molecular weight is 263 g/mol. The van der Waals surface area contributed by atoms with Crippen LogP contribution in [0.4, 0.5) is 0 Å². The molecule has 0 N–H and O–H groups in total. The molecular formula is C15H21NO3. The molecular weight excluding hydrogens is 242 g/mol. The van der Waals surface area contributed by atoms with Crippen LogP contribution in [0.15, 0.2) is 24.3 Å². The van der Waals surface area contributed by atoms with Crippen LogP contribution in [-0.2, 0) is 4.74 Å². The maximum Gasteiger partial charge on any atom is 0.257 e. The highest BCUT2D eigenvalue weighted by Gasteiger charge is 2.27. The van der Waals surface area contributed by atoms with Crippen LogP contribution in [0.1, 0.15) is 31.1 Å². The van der Waals surface area contributed by atoms with Gasteiger partial charge in [0.25, 0.3) is 5.91 Å². The van der Waals surface area contributed by atoms with E-state index in [4.69, 9.17) is 9.47 Å². The summed E-state index contributed by atoms with van der Waals surface area (Å²) in [7, 11) is 0. The highest BCUT2D eigenvalue weighted by Crippen LogP contribution is 2.22. The van der Waals surface area contributed by atoms with Crippen LogP contribution >= 0.6 is 0 Å². The van der Waals surface area contributed by atoms with Crippen LogP contribution in [0, 0.1) is 0 Å². The van der Waals surface area contributed by atoms with E-state index in [1.165, 1.54) is 0 Å². The Labute approximate surface area is 114 Å². The molecule has 1 saturated heterocycles. The molecule has 1 aliphatic rings. The van der Waals surface area contributed by atoms with Crippen LogP contribution < -0.4 is 4.74 Å². The number of amides is 1. The van der Waals surface area contributed by atoms with Gasteiger partial charge in [0.15, 0.2) is 0 Å².